The third-order valence-electron chi connectivity index (χ3n) is 4.93. The Morgan fingerprint density at radius 3 is 2.32 bits per heavy atom. The SMILES string of the molecule is CCC[C@@H](CNC)CC(=O)C(=O)N[C@@H]([C@H]1O[C@H](SC)[C@H](O)[C@@H](O)[C@H]1O)[C@@H](C)O. The highest BCUT2D eigenvalue weighted by molar-refractivity contribution is 7.99. The maximum absolute atomic E-state index is 12.4. The van der Waals surface area contributed by atoms with Crippen molar-refractivity contribution in [3.05, 3.63) is 0 Å². The van der Waals surface area contributed by atoms with Gasteiger partial charge in [0.2, 0.25) is 5.78 Å². The summed E-state index contributed by atoms with van der Waals surface area (Å²) < 4.78 is 5.60. The molecule has 1 heterocycles. The van der Waals surface area contributed by atoms with Crippen LogP contribution in [-0.2, 0) is 14.3 Å². The molecule has 1 saturated heterocycles. The van der Waals surface area contributed by atoms with E-state index in [0.717, 1.165) is 24.6 Å². The molecule has 28 heavy (non-hydrogen) atoms. The van der Waals surface area contributed by atoms with Gasteiger partial charge in [0.1, 0.15) is 29.9 Å². The Kier molecular flexibility index (Phi) is 10.9. The summed E-state index contributed by atoms with van der Waals surface area (Å²) in [7, 11) is 1.78. The van der Waals surface area contributed by atoms with Gasteiger partial charge in [0.05, 0.1) is 12.1 Å². The number of hydrogen-bond donors (Lipinski definition) is 6. The standard InChI is InChI=1S/C18H34N2O7S/c1-5-6-10(8-19-3)7-11(22)17(26)20-12(9(2)21)16-14(24)13(23)15(25)18(27-16)28-4/h9-10,12-16,18-19,21,23-25H,5-8H2,1-4H3,(H,20,26)/t9-,10-,12-,13+,14-,15-,16-,18-/m1/s1. The number of ether oxygens (including phenoxy) is 1. The van der Waals surface area contributed by atoms with Gasteiger partial charge in [-0.15, -0.1) is 11.8 Å². The van der Waals surface area contributed by atoms with Gasteiger partial charge in [-0.2, -0.15) is 0 Å². The van der Waals surface area contributed by atoms with Gasteiger partial charge in [0.25, 0.3) is 5.91 Å². The Morgan fingerprint density at radius 2 is 1.82 bits per heavy atom. The first-order chi connectivity index (χ1) is 13.2. The summed E-state index contributed by atoms with van der Waals surface area (Å²) in [4.78, 5) is 24.7. The number of Topliss-reactive ketones (excluding diaryl/α,β-unsaturated/α-hetero) is 1. The van der Waals surface area contributed by atoms with Crippen LogP contribution in [0.2, 0.25) is 0 Å². The summed E-state index contributed by atoms with van der Waals surface area (Å²) in [5.74, 6) is -1.47. The fraction of sp³-hybridized carbons (Fsp3) is 0.889. The molecule has 6 N–H and O–H groups in total. The summed E-state index contributed by atoms with van der Waals surface area (Å²) >= 11 is 1.13. The van der Waals surface area contributed by atoms with Crippen molar-refractivity contribution in [2.24, 2.45) is 5.92 Å². The van der Waals surface area contributed by atoms with Crippen LogP contribution in [0, 0.1) is 5.92 Å². The average molecular weight is 423 g/mol. The number of thioether (sulfide) groups is 1. The lowest BCUT2D eigenvalue weighted by molar-refractivity contribution is -0.210. The lowest BCUT2D eigenvalue weighted by atomic mass is 9.91. The molecule has 8 atom stereocenters. The molecular formula is C18H34N2O7S. The predicted molar refractivity (Wildman–Crippen MR) is 106 cm³/mol. The number of aliphatic hydroxyl groups excluding tert-OH is 4. The molecule has 1 aliphatic heterocycles. The van der Waals surface area contributed by atoms with E-state index in [4.69, 9.17) is 4.74 Å². The second-order valence-corrected chi connectivity index (χ2v) is 8.19. The van der Waals surface area contributed by atoms with Gasteiger partial charge in [0, 0.05) is 6.42 Å². The van der Waals surface area contributed by atoms with Gasteiger partial charge < -0.3 is 35.8 Å². The number of aliphatic hydroxyl groups is 4. The van der Waals surface area contributed by atoms with Crippen molar-refractivity contribution in [2.45, 2.75) is 75.1 Å². The van der Waals surface area contributed by atoms with Gasteiger partial charge >= 0.3 is 0 Å². The van der Waals surface area contributed by atoms with Crippen molar-refractivity contribution >= 4 is 23.5 Å². The van der Waals surface area contributed by atoms with Crippen LogP contribution in [0.3, 0.4) is 0 Å². The number of ketones is 1. The molecule has 0 spiro atoms. The fourth-order valence-electron chi connectivity index (χ4n) is 3.40. The first kappa shape index (κ1) is 25.3. The molecule has 1 rings (SSSR count). The van der Waals surface area contributed by atoms with Crippen LogP contribution in [0.1, 0.15) is 33.1 Å². The highest BCUT2D eigenvalue weighted by atomic mass is 32.2. The van der Waals surface area contributed by atoms with Crippen LogP contribution in [0.4, 0.5) is 0 Å². The van der Waals surface area contributed by atoms with Gasteiger partial charge in [-0.3, -0.25) is 9.59 Å². The van der Waals surface area contributed by atoms with Crippen molar-refractivity contribution < 1.29 is 34.8 Å². The molecule has 0 aromatic rings. The molecule has 10 heteroatoms. The zero-order valence-corrected chi connectivity index (χ0v) is 17.7. The maximum Gasteiger partial charge on any atom is 0.287 e. The average Bonchev–Trinajstić information content (AvgIpc) is 2.65. The first-order valence-electron chi connectivity index (χ1n) is 9.56. The number of rotatable bonds is 11. The second kappa shape index (κ2) is 12.1. The third kappa shape index (κ3) is 6.65. The number of carbonyl (C=O) groups is 2. The molecule has 0 saturated carbocycles. The summed E-state index contributed by atoms with van der Waals surface area (Å²) in [5, 5.41) is 45.8. The highest BCUT2D eigenvalue weighted by Gasteiger charge is 2.48. The maximum atomic E-state index is 12.4. The minimum absolute atomic E-state index is 0.0209. The van der Waals surface area contributed by atoms with Crippen LogP contribution in [0.5, 0.6) is 0 Å². The fourth-order valence-corrected chi connectivity index (χ4v) is 4.08. The molecule has 9 nitrogen and oxygen atoms in total. The van der Waals surface area contributed by atoms with E-state index in [1.807, 2.05) is 6.92 Å². The number of hydrogen-bond acceptors (Lipinski definition) is 9. The molecule has 0 aromatic carbocycles. The van der Waals surface area contributed by atoms with Crippen molar-refractivity contribution in [1.29, 1.82) is 0 Å². The van der Waals surface area contributed by atoms with E-state index in [9.17, 15) is 30.0 Å². The third-order valence-corrected chi connectivity index (χ3v) is 5.78. The largest absolute Gasteiger partial charge is 0.391 e. The number of carbonyl (C=O) groups excluding carboxylic acids is 2. The molecule has 0 radical (unpaired) electrons. The van der Waals surface area contributed by atoms with E-state index in [-0.39, 0.29) is 12.3 Å². The Labute approximate surface area is 170 Å². The van der Waals surface area contributed by atoms with E-state index < -0.39 is 53.7 Å². The van der Waals surface area contributed by atoms with Crippen LogP contribution >= 0.6 is 11.8 Å². The normalized spacial score (nSPS) is 31.1. The number of nitrogens with one attached hydrogen (secondary N) is 2. The molecule has 164 valence electrons. The lowest BCUT2D eigenvalue weighted by Crippen LogP contribution is -2.65. The molecule has 0 aromatic heterocycles. The highest BCUT2D eigenvalue weighted by Crippen LogP contribution is 2.29. The lowest BCUT2D eigenvalue weighted by Gasteiger charge is -2.43. The summed E-state index contributed by atoms with van der Waals surface area (Å²) in [6.07, 6.45) is -3.30. The zero-order valence-electron chi connectivity index (χ0n) is 16.9. The minimum Gasteiger partial charge on any atom is -0.391 e. The van der Waals surface area contributed by atoms with Crippen LogP contribution in [0.25, 0.3) is 0 Å². The first-order valence-corrected chi connectivity index (χ1v) is 10.8. The van der Waals surface area contributed by atoms with Gasteiger partial charge in [-0.25, -0.2) is 0 Å². The monoisotopic (exact) mass is 422 g/mol. The summed E-state index contributed by atoms with van der Waals surface area (Å²) in [6, 6.07) is -1.13. The van der Waals surface area contributed by atoms with Crippen molar-refractivity contribution in [3.63, 3.8) is 0 Å². The molecule has 1 fully saturated rings. The Bertz CT molecular complexity index is 500. The van der Waals surface area contributed by atoms with E-state index in [0.29, 0.717) is 6.54 Å². The van der Waals surface area contributed by atoms with Gasteiger partial charge in [-0.05, 0) is 39.1 Å². The minimum atomic E-state index is -1.54. The topological polar surface area (TPSA) is 148 Å². The van der Waals surface area contributed by atoms with E-state index >= 15 is 0 Å². The molecule has 1 amide bonds. The molecule has 0 aliphatic carbocycles. The van der Waals surface area contributed by atoms with Gasteiger partial charge in [-0.1, -0.05) is 13.3 Å². The zero-order chi connectivity index (χ0) is 21.4. The summed E-state index contributed by atoms with van der Waals surface area (Å²) in [5.41, 5.74) is -0.846. The van der Waals surface area contributed by atoms with Crippen LogP contribution in [0.15, 0.2) is 0 Å². The Hall–Kier alpha value is -0.750. The molecular weight excluding hydrogens is 388 g/mol. The van der Waals surface area contributed by atoms with Crippen molar-refractivity contribution in [2.75, 3.05) is 19.8 Å². The smallest absolute Gasteiger partial charge is 0.287 e. The quantitative estimate of drug-likeness (QED) is 0.222. The molecule has 1 aliphatic rings. The van der Waals surface area contributed by atoms with E-state index in [2.05, 4.69) is 10.6 Å². The molecule has 0 unspecified atom stereocenters. The molecule has 0 bridgehead atoms. The predicted octanol–water partition coefficient (Wildman–Crippen LogP) is -1.38. The van der Waals surface area contributed by atoms with Crippen molar-refractivity contribution in [3.8, 4) is 0 Å². The Balaban J connectivity index is 2.85. The van der Waals surface area contributed by atoms with Gasteiger partial charge in [0.15, 0.2) is 0 Å². The van der Waals surface area contributed by atoms with E-state index in [1.165, 1.54) is 6.92 Å². The van der Waals surface area contributed by atoms with E-state index in [1.54, 1.807) is 13.3 Å². The van der Waals surface area contributed by atoms with Crippen LogP contribution in [-0.4, -0.2) is 94.0 Å². The second-order valence-electron chi connectivity index (χ2n) is 7.26. The number of amides is 1. The summed E-state index contributed by atoms with van der Waals surface area (Å²) in [6.45, 7) is 3.99. The van der Waals surface area contributed by atoms with Crippen LogP contribution < -0.4 is 10.6 Å². The van der Waals surface area contributed by atoms with Crippen molar-refractivity contribution in [1.82, 2.24) is 10.6 Å². The Morgan fingerprint density at radius 1 is 1.18 bits per heavy atom.